The van der Waals surface area contributed by atoms with Crippen LogP contribution in [0.4, 0.5) is 5.69 Å². The highest BCUT2D eigenvalue weighted by atomic mass is 35.5. The van der Waals surface area contributed by atoms with Gasteiger partial charge in [-0.25, -0.2) is 9.78 Å². The molecule has 0 bridgehead atoms. The van der Waals surface area contributed by atoms with E-state index in [4.69, 9.17) is 16.3 Å². The third-order valence-electron chi connectivity index (χ3n) is 3.31. The minimum atomic E-state index is -0.936. The number of carbonyl (C=O) groups excluding carboxylic acids is 2. The van der Waals surface area contributed by atoms with E-state index in [9.17, 15) is 9.59 Å². The van der Waals surface area contributed by atoms with E-state index in [1.54, 1.807) is 48.0 Å². The molecule has 1 N–H and O–H groups in total. The molecule has 2 aromatic carbocycles. The number of aromatic nitrogens is 1. The fourth-order valence-electron chi connectivity index (χ4n) is 2.07. The maximum Gasteiger partial charge on any atom is 0.338 e. The first kappa shape index (κ1) is 16.4. The summed E-state index contributed by atoms with van der Waals surface area (Å²) in [7, 11) is 0. The van der Waals surface area contributed by atoms with E-state index in [-0.39, 0.29) is 0 Å². The monoisotopic (exact) mass is 360 g/mol. The largest absolute Gasteiger partial charge is 0.449 e. The van der Waals surface area contributed by atoms with Crippen molar-refractivity contribution in [2.75, 3.05) is 5.32 Å². The molecule has 0 saturated carbocycles. The van der Waals surface area contributed by atoms with Crippen molar-refractivity contribution in [3.63, 3.8) is 0 Å². The Bertz CT molecular complexity index is 909. The number of rotatable bonds is 4. The lowest BCUT2D eigenvalue weighted by Gasteiger charge is -2.13. The first-order valence-electron chi connectivity index (χ1n) is 7.13. The fourth-order valence-corrected chi connectivity index (χ4v) is 2.98. The minimum Gasteiger partial charge on any atom is -0.449 e. The van der Waals surface area contributed by atoms with E-state index < -0.39 is 18.0 Å². The van der Waals surface area contributed by atoms with Crippen molar-refractivity contribution < 1.29 is 14.3 Å². The molecule has 0 spiro atoms. The van der Waals surface area contributed by atoms with Gasteiger partial charge in [0.1, 0.15) is 0 Å². The number of esters is 1. The molecule has 0 saturated heterocycles. The second kappa shape index (κ2) is 6.98. The summed E-state index contributed by atoms with van der Waals surface area (Å²) in [5.74, 6) is -0.983. The number of halogens is 1. The highest BCUT2D eigenvalue weighted by Crippen LogP contribution is 2.20. The molecule has 0 unspecified atom stereocenters. The second-order valence-corrected chi connectivity index (χ2v) is 6.40. The standard InChI is InChI=1S/C17H13ClN2O3S/c1-10(16(21)20-13-4-2-3-12(18)8-13)23-17(22)11-5-6-14-15(7-11)24-9-19-14/h2-10H,1H3,(H,20,21)/t10-/m0/s1. The summed E-state index contributed by atoms with van der Waals surface area (Å²) in [6.45, 7) is 1.52. The van der Waals surface area contributed by atoms with Gasteiger partial charge in [-0.05, 0) is 43.3 Å². The predicted molar refractivity (Wildman–Crippen MR) is 94.6 cm³/mol. The highest BCUT2D eigenvalue weighted by molar-refractivity contribution is 7.16. The molecule has 0 fully saturated rings. The topological polar surface area (TPSA) is 68.3 Å². The Kier molecular flexibility index (Phi) is 4.78. The SMILES string of the molecule is C[C@H](OC(=O)c1ccc2ncsc2c1)C(=O)Nc1cccc(Cl)c1. The van der Waals surface area contributed by atoms with Crippen LogP contribution in [0.1, 0.15) is 17.3 Å². The number of thiazole rings is 1. The summed E-state index contributed by atoms with van der Waals surface area (Å²) in [6, 6.07) is 11.8. The van der Waals surface area contributed by atoms with Crippen LogP contribution in [-0.2, 0) is 9.53 Å². The zero-order chi connectivity index (χ0) is 17.1. The van der Waals surface area contributed by atoms with Crippen LogP contribution in [0.2, 0.25) is 5.02 Å². The van der Waals surface area contributed by atoms with Gasteiger partial charge in [0.05, 0.1) is 21.3 Å². The number of amides is 1. The first-order valence-corrected chi connectivity index (χ1v) is 8.39. The van der Waals surface area contributed by atoms with E-state index in [1.165, 1.54) is 18.3 Å². The summed E-state index contributed by atoms with van der Waals surface area (Å²) in [6.07, 6.45) is -0.936. The zero-order valence-electron chi connectivity index (χ0n) is 12.7. The third-order valence-corrected chi connectivity index (χ3v) is 4.34. The number of hydrogen-bond donors (Lipinski definition) is 1. The van der Waals surface area contributed by atoms with Gasteiger partial charge >= 0.3 is 5.97 Å². The lowest BCUT2D eigenvalue weighted by atomic mass is 10.2. The van der Waals surface area contributed by atoms with E-state index in [1.807, 2.05) is 0 Å². The Morgan fingerprint density at radius 3 is 2.88 bits per heavy atom. The van der Waals surface area contributed by atoms with Crippen LogP contribution in [0, 0.1) is 0 Å². The second-order valence-electron chi connectivity index (χ2n) is 5.08. The van der Waals surface area contributed by atoms with E-state index in [0.717, 1.165) is 10.2 Å². The van der Waals surface area contributed by atoms with Gasteiger partial charge in [0.25, 0.3) is 5.91 Å². The first-order chi connectivity index (χ1) is 11.5. The molecule has 3 rings (SSSR count). The number of anilines is 1. The molecule has 5 nitrogen and oxygen atoms in total. The number of carbonyl (C=O) groups is 2. The van der Waals surface area contributed by atoms with Crippen LogP contribution >= 0.6 is 22.9 Å². The normalized spacial score (nSPS) is 11.9. The van der Waals surface area contributed by atoms with Gasteiger partial charge < -0.3 is 10.1 Å². The molecule has 1 heterocycles. The number of benzene rings is 2. The van der Waals surface area contributed by atoms with Crippen molar-refractivity contribution in [3.05, 3.63) is 58.6 Å². The Balaban J connectivity index is 1.65. The summed E-state index contributed by atoms with van der Waals surface area (Å²) < 4.78 is 6.12. The van der Waals surface area contributed by atoms with E-state index in [0.29, 0.717) is 16.3 Å². The summed E-state index contributed by atoms with van der Waals surface area (Å²) in [4.78, 5) is 28.5. The Hall–Kier alpha value is -2.44. The quantitative estimate of drug-likeness (QED) is 0.710. The maximum atomic E-state index is 12.2. The van der Waals surface area contributed by atoms with Crippen molar-refractivity contribution in [2.45, 2.75) is 13.0 Å². The molecular weight excluding hydrogens is 348 g/mol. The number of nitrogens with zero attached hydrogens (tertiary/aromatic N) is 1. The molecule has 0 radical (unpaired) electrons. The van der Waals surface area contributed by atoms with Gasteiger partial charge in [-0.15, -0.1) is 11.3 Å². The molecule has 0 aliphatic rings. The summed E-state index contributed by atoms with van der Waals surface area (Å²) in [5, 5.41) is 3.17. The molecule has 0 aliphatic heterocycles. The Labute approximate surface area is 147 Å². The van der Waals surface area contributed by atoms with Crippen LogP contribution in [0.5, 0.6) is 0 Å². The van der Waals surface area contributed by atoms with Crippen molar-refractivity contribution in [1.82, 2.24) is 4.98 Å². The van der Waals surface area contributed by atoms with Crippen LogP contribution in [-0.4, -0.2) is 23.0 Å². The zero-order valence-corrected chi connectivity index (χ0v) is 14.2. The van der Waals surface area contributed by atoms with Gasteiger partial charge in [0, 0.05) is 10.7 Å². The molecule has 1 aromatic heterocycles. The Morgan fingerprint density at radius 1 is 1.25 bits per heavy atom. The molecule has 122 valence electrons. The molecule has 7 heteroatoms. The molecule has 3 aromatic rings. The average molecular weight is 361 g/mol. The fraction of sp³-hybridized carbons (Fsp3) is 0.118. The van der Waals surface area contributed by atoms with Gasteiger partial charge in [-0.1, -0.05) is 17.7 Å². The lowest BCUT2D eigenvalue weighted by molar-refractivity contribution is -0.123. The number of hydrogen-bond acceptors (Lipinski definition) is 5. The predicted octanol–water partition coefficient (Wildman–Crippen LogP) is 4.13. The van der Waals surface area contributed by atoms with Crippen molar-refractivity contribution in [1.29, 1.82) is 0 Å². The van der Waals surface area contributed by atoms with E-state index >= 15 is 0 Å². The third kappa shape index (κ3) is 3.72. The number of nitrogens with one attached hydrogen (secondary N) is 1. The lowest BCUT2D eigenvalue weighted by Crippen LogP contribution is -2.30. The maximum absolute atomic E-state index is 12.2. The van der Waals surface area contributed by atoms with Crippen LogP contribution in [0.25, 0.3) is 10.2 Å². The number of fused-ring (bicyclic) bond motifs is 1. The van der Waals surface area contributed by atoms with E-state index in [2.05, 4.69) is 10.3 Å². The molecular formula is C17H13ClN2O3S. The van der Waals surface area contributed by atoms with Gasteiger partial charge in [0.2, 0.25) is 0 Å². The Morgan fingerprint density at radius 2 is 2.08 bits per heavy atom. The molecule has 1 atom stereocenters. The molecule has 1 amide bonds. The van der Waals surface area contributed by atoms with Crippen LogP contribution in [0.3, 0.4) is 0 Å². The van der Waals surface area contributed by atoms with Crippen molar-refractivity contribution >= 4 is 50.7 Å². The number of ether oxygens (including phenoxy) is 1. The van der Waals surface area contributed by atoms with Gasteiger partial charge in [-0.2, -0.15) is 0 Å². The van der Waals surface area contributed by atoms with Crippen LogP contribution in [0.15, 0.2) is 48.0 Å². The minimum absolute atomic E-state index is 0.383. The molecule has 0 aliphatic carbocycles. The van der Waals surface area contributed by atoms with Crippen LogP contribution < -0.4 is 5.32 Å². The summed E-state index contributed by atoms with van der Waals surface area (Å²) >= 11 is 7.31. The average Bonchev–Trinajstić information content (AvgIpc) is 3.02. The highest BCUT2D eigenvalue weighted by Gasteiger charge is 2.19. The molecule has 24 heavy (non-hydrogen) atoms. The summed E-state index contributed by atoms with van der Waals surface area (Å²) in [5.41, 5.74) is 3.46. The van der Waals surface area contributed by atoms with Crippen molar-refractivity contribution in [2.24, 2.45) is 0 Å². The van der Waals surface area contributed by atoms with Crippen molar-refractivity contribution in [3.8, 4) is 0 Å². The van der Waals surface area contributed by atoms with Gasteiger partial charge in [0.15, 0.2) is 6.10 Å². The smallest absolute Gasteiger partial charge is 0.338 e. The van der Waals surface area contributed by atoms with Gasteiger partial charge in [-0.3, -0.25) is 4.79 Å².